The van der Waals surface area contributed by atoms with Crippen LogP contribution in [0.3, 0.4) is 0 Å². The van der Waals surface area contributed by atoms with Gasteiger partial charge >= 0.3 is 0 Å². The fraction of sp³-hybridized carbons (Fsp3) is 0.529. The summed E-state index contributed by atoms with van der Waals surface area (Å²) in [4.78, 5) is 0. The Balaban J connectivity index is 2.24. The van der Waals surface area contributed by atoms with Crippen LogP contribution in [0.5, 0.6) is 0 Å². The van der Waals surface area contributed by atoms with E-state index in [1.54, 1.807) is 0 Å². The normalized spacial score (nSPS) is 12.1. The highest BCUT2D eigenvalue weighted by molar-refractivity contribution is 6.30. The van der Waals surface area contributed by atoms with Crippen LogP contribution in [0.4, 0.5) is 0 Å². The average molecular weight is 308 g/mol. The summed E-state index contributed by atoms with van der Waals surface area (Å²) in [5.41, 5.74) is 2.00. The van der Waals surface area contributed by atoms with Crippen LogP contribution in [0.1, 0.15) is 38.3 Å². The smallest absolute Gasteiger partial charge is 0.227 e. The van der Waals surface area contributed by atoms with E-state index in [0.717, 1.165) is 25.0 Å². The SMILES string of the molecule is C=Cc1ccc(CCCO[SiH2]C(C)(OCC)OCC)cc1. The van der Waals surface area contributed by atoms with Crippen molar-refractivity contribution < 1.29 is 13.9 Å². The van der Waals surface area contributed by atoms with E-state index in [2.05, 4.69) is 30.8 Å². The fourth-order valence-electron chi connectivity index (χ4n) is 2.19. The van der Waals surface area contributed by atoms with Crippen molar-refractivity contribution in [3.8, 4) is 0 Å². The first-order valence-electron chi connectivity index (χ1n) is 7.70. The van der Waals surface area contributed by atoms with Crippen LogP contribution < -0.4 is 0 Å². The van der Waals surface area contributed by atoms with Gasteiger partial charge in [-0.2, -0.15) is 0 Å². The molecule has 0 aromatic heterocycles. The first-order valence-corrected chi connectivity index (χ1v) is 8.99. The molecule has 1 rings (SSSR count). The molecule has 0 N–H and O–H groups in total. The van der Waals surface area contributed by atoms with Gasteiger partial charge in [0.1, 0.15) is 0 Å². The van der Waals surface area contributed by atoms with Gasteiger partial charge in [-0.25, -0.2) is 0 Å². The molecule has 0 fully saturated rings. The lowest BCUT2D eigenvalue weighted by atomic mass is 10.1. The minimum atomic E-state index is -0.861. The molecule has 0 saturated heterocycles. The molecule has 0 aliphatic carbocycles. The Morgan fingerprint density at radius 2 is 1.76 bits per heavy atom. The number of aryl methyl sites for hydroxylation is 1. The van der Waals surface area contributed by atoms with Gasteiger partial charge in [-0.15, -0.1) is 0 Å². The van der Waals surface area contributed by atoms with Crippen molar-refractivity contribution in [1.29, 1.82) is 0 Å². The van der Waals surface area contributed by atoms with Gasteiger partial charge < -0.3 is 13.9 Å². The van der Waals surface area contributed by atoms with E-state index in [1.807, 2.05) is 26.8 Å². The van der Waals surface area contributed by atoms with Crippen LogP contribution in [0, 0.1) is 0 Å². The highest BCUT2D eigenvalue weighted by Crippen LogP contribution is 2.12. The second-order valence-corrected chi connectivity index (χ2v) is 7.08. The first kappa shape index (κ1) is 18.1. The molecule has 4 heteroatoms. The van der Waals surface area contributed by atoms with E-state index in [9.17, 15) is 0 Å². The van der Waals surface area contributed by atoms with Crippen LogP contribution >= 0.6 is 0 Å². The van der Waals surface area contributed by atoms with Crippen molar-refractivity contribution in [3.63, 3.8) is 0 Å². The maximum atomic E-state index is 5.84. The minimum absolute atomic E-state index is 0.491. The Bertz CT molecular complexity index is 397. The van der Waals surface area contributed by atoms with Crippen LogP contribution in [0.25, 0.3) is 6.08 Å². The molecule has 0 saturated carbocycles. The van der Waals surface area contributed by atoms with Crippen LogP contribution in [-0.4, -0.2) is 35.0 Å². The Hall–Kier alpha value is -0.943. The fourth-order valence-corrected chi connectivity index (χ4v) is 3.49. The molecule has 0 radical (unpaired) electrons. The van der Waals surface area contributed by atoms with Crippen LogP contribution in [0.15, 0.2) is 30.8 Å². The summed E-state index contributed by atoms with van der Waals surface area (Å²) in [6.07, 6.45) is 3.92. The van der Waals surface area contributed by atoms with Gasteiger partial charge in [0, 0.05) is 19.8 Å². The standard InChI is InChI=1S/C17H28O3Si/c1-5-15-10-12-16(13-11-15)9-8-14-20-21-17(4,18-6-2)19-7-3/h5,10-13H,1,6-9,14,21H2,2-4H3. The maximum Gasteiger partial charge on any atom is 0.227 e. The van der Waals surface area contributed by atoms with Gasteiger partial charge in [0.15, 0.2) is 5.41 Å². The van der Waals surface area contributed by atoms with Gasteiger partial charge in [-0.05, 0) is 44.7 Å². The summed E-state index contributed by atoms with van der Waals surface area (Å²) < 4.78 is 17.2. The molecule has 0 spiro atoms. The summed E-state index contributed by atoms with van der Waals surface area (Å²) >= 11 is 0. The predicted molar refractivity (Wildman–Crippen MR) is 91.0 cm³/mol. The van der Waals surface area contributed by atoms with Gasteiger partial charge in [0.25, 0.3) is 0 Å². The zero-order chi connectivity index (χ0) is 15.6. The van der Waals surface area contributed by atoms with Gasteiger partial charge in [-0.1, -0.05) is 36.9 Å². The molecule has 1 aromatic rings. The summed E-state index contributed by atoms with van der Waals surface area (Å²) in [6.45, 7) is 11.8. The largest absolute Gasteiger partial charge is 0.418 e. The van der Waals surface area contributed by atoms with E-state index >= 15 is 0 Å². The number of benzene rings is 1. The Morgan fingerprint density at radius 1 is 1.14 bits per heavy atom. The molecule has 3 nitrogen and oxygen atoms in total. The lowest BCUT2D eigenvalue weighted by Gasteiger charge is -2.28. The molecule has 0 amide bonds. The van der Waals surface area contributed by atoms with Crippen LogP contribution in [-0.2, 0) is 20.3 Å². The molecule has 0 unspecified atom stereocenters. The first-order chi connectivity index (χ1) is 10.1. The number of rotatable bonds is 11. The predicted octanol–water partition coefficient (Wildman–Crippen LogP) is 3.11. The highest BCUT2D eigenvalue weighted by atomic mass is 28.2. The van der Waals surface area contributed by atoms with Crippen molar-refractivity contribution in [2.45, 2.75) is 39.0 Å². The summed E-state index contributed by atoms with van der Waals surface area (Å²) in [6, 6.07) is 8.50. The molecule has 1 aromatic carbocycles. The Labute approximate surface area is 131 Å². The number of hydrogen-bond acceptors (Lipinski definition) is 3. The zero-order valence-corrected chi connectivity index (χ0v) is 15.0. The quantitative estimate of drug-likeness (QED) is 0.357. The topological polar surface area (TPSA) is 27.7 Å². The summed E-state index contributed by atoms with van der Waals surface area (Å²) in [5, 5.41) is 0. The second kappa shape index (κ2) is 9.90. The Kier molecular flexibility index (Phi) is 8.53. The van der Waals surface area contributed by atoms with Crippen LogP contribution in [0.2, 0.25) is 0 Å². The van der Waals surface area contributed by atoms with Crippen molar-refractivity contribution in [2.75, 3.05) is 19.8 Å². The Morgan fingerprint density at radius 3 is 2.29 bits per heavy atom. The van der Waals surface area contributed by atoms with E-state index in [0.29, 0.717) is 13.2 Å². The van der Waals surface area contributed by atoms with E-state index in [4.69, 9.17) is 13.9 Å². The lowest BCUT2D eigenvalue weighted by Crippen LogP contribution is -2.40. The lowest BCUT2D eigenvalue weighted by molar-refractivity contribution is -0.169. The van der Waals surface area contributed by atoms with Crippen molar-refractivity contribution >= 4 is 15.8 Å². The average Bonchev–Trinajstić information content (AvgIpc) is 2.48. The van der Waals surface area contributed by atoms with Crippen molar-refractivity contribution in [3.05, 3.63) is 42.0 Å². The molecule has 0 heterocycles. The molecule has 0 aliphatic rings. The van der Waals surface area contributed by atoms with E-state index in [1.165, 1.54) is 5.56 Å². The number of ether oxygens (including phenoxy) is 2. The molecule has 0 bridgehead atoms. The molecule has 21 heavy (non-hydrogen) atoms. The molecule has 0 aliphatic heterocycles. The van der Waals surface area contributed by atoms with E-state index < -0.39 is 15.2 Å². The number of hydrogen-bond donors (Lipinski definition) is 0. The van der Waals surface area contributed by atoms with Gasteiger partial charge in [0.05, 0.1) is 0 Å². The third kappa shape index (κ3) is 7.04. The second-order valence-electron chi connectivity index (χ2n) is 5.10. The third-order valence-corrected chi connectivity index (χ3v) is 4.66. The van der Waals surface area contributed by atoms with Gasteiger partial charge in [0.2, 0.25) is 9.76 Å². The van der Waals surface area contributed by atoms with Gasteiger partial charge in [-0.3, -0.25) is 0 Å². The molecule has 0 atom stereocenters. The van der Waals surface area contributed by atoms with E-state index in [-0.39, 0.29) is 0 Å². The van der Waals surface area contributed by atoms with Crippen molar-refractivity contribution in [2.24, 2.45) is 0 Å². The molecular weight excluding hydrogens is 280 g/mol. The maximum absolute atomic E-state index is 5.84. The third-order valence-electron chi connectivity index (χ3n) is 3.23. The highest BCUT2D eigenvalue weighted by Gasteiger charge is 2.25. The molecular formula is C17H28O3Si. The summed E-state index contributed by atoms with van der Waals surface area (Å²) in [7, 11) is -0.861. The zero-order valence-electron chi connectivity index (χ0n) is 13.6. The molecule has 118 valence electrons. The summed E-state index contributed by atoms with van der Waals surface area (Å²) in [5.74, 6) is 0. The minimum Gasteiger partial charge on any atom is -0.418 e. The van der Waals surface area contributed by atoms with Crippen molar-refractivity contribution in [1.82, 2.24) is 0 Å². The monoisotopic (exact) mass is 308 g/mol.